The van der Waals surface area contributed by atoms with Gasteiger partial charge in [-0.15, -0.1) is 0 Å². The second-order valence-corrected chi connectivity index (χ2v) is 5.63. The Balaban J connectivity index is 2.20. The molecule has 0 radical (unpaired) electrons. The zero-order valence-corrected chi connectivity index (χ0v) is 12.3. The molecule has 0 N–H and O–H groups in total. The van der Waals surface area contributed by atoms with Crippen LogP contribution in [0.2, 0.25) is 5.28 Å². The summed E-state index contributed by atoms with van der Waals surface area (Å²) in [5.41, 5.74) is 1.57. The molecule has 0 aliphatic carbocycles. The lowest BCUT2D eigenvalue weighted by Gasteiger charge is -2.19. The molecule has 0 saturated heterocycles. The molecule has 20 heavy (non-hydrogen) atoms. The number of carbonyl (C=O) groups is 1. The van der Waals surface area contributed by atoms with Gasteiger partial charge in [0.1, 0.15) is 5.60 Å². The summed E-state index contributed by atoms with van der Waals surface area (Å²) in [6.45, 7) is 5.51. The molecule has 0 atom stereocenters. The number of halogens is 1. The van der Waals surface area contributed by atoms with Gasteiger partial charge in [0, 0.05) is 11.8 Å². The molecule has 0 fully saturated rings. The second-order valence-electron chi connectivity index (χ2n) is 5.29. The van der Waals surface area contributed by atoms with Crippen LogP contribution in [0.3, 0.4) is 0 Å². The third kappa shape index (κ3) is 3.78. The van der Waals surface area contributed by atoms with Crippen LogP contribution in [0.4, 0.5) is 0 Å². The van der Waals surface area contributed by atoms with Gasteiger partial charge in [-0.2, -0.15) is 0 Å². The van der Waals surface area contributed by atoms with Gasteiger partial charge < -0.3 is 4.74 Å². The molecule has 2 rings (SSSR count). The fourth-order valence-corrected chi connectivity index (χ4v) is 1.76. The molecule has 0 bridgehead atoms. The lowest BCUT2D eigenvalue weighted by atomic mass is 10.1. The van der Waals surface area contributed by atoms with Gasteiger partial charge >= 0.3 is 5.97 Å². The molecule has 2 aromatic rings. The second kappa shape index (κ2) is 5.59. The van der Waals surface area contributed by atoms with Crippen LogP contribution in [0, 0.1) is 0 Å². The van der Waals surface area contributed by atoms with Gasteiger partial charge in [0.15, 0.2) is 0 Å². The van der Waals surface area contributed by atoms with Crippen molar-refractivity contribution in [1.29, 1.82) is 0 Å². The van der Waals surface area contributed by atoms with E-state index < -0.39 is 5.60 Å². The van der Waals surface area contributed by atoms with Crippen molar-refractivity contribution in [3.8, 4) is 11.3 Å². The van der Waals surface area contributed by atoms with E-state index in [0.717, 1.165) is 5.56 Å². The highest BCUT2D eigenvalue weighted by Crippen LogP contribution is 2.19. The minimum Gasteiger partial charge on any atom is -0.456 e. The highest BCUT2D eigenvalue weighted by Gasteiger charge is 2.17. The lowest BCUT2D eigenvalue weighted by Crippen LogP contribution is -2.23. The van der Waals surface area contributed by atoms with Crippen molar-refractivity contribution in [3.63, 3.8) is 0 Å². The van der Waals surface area contributed by atoms with Crippen LogP contribution in [-0.4, -0.2) is 21.5 Å². The number of hydrogen-bond donors (Lipinski definition) is 0. The van der Waals surface area contributed by atoms with Crippen LogP contribution in [0.5, 0.6) is 0 Å². The minimum absolute atomic E-state index is 0.193. The monoisotopic (exact) mass is 290 g/mol. The Hall–Kier alpha value is -1.94. The third-order valence-electron chi connectivity index (χ3n) is 2.44. The molecule has 5 heteroatoms. The Morgan fingerprint density at radius 1 is 1.15 bits per heavy atom. The van der Waals surface area contributed by atoms with Crippen LogP contribution in [-0.2, 0) is 4.74 Å². The average molecular weight is 291 g/mol. The first-order chi connectivity index (χ1) is 9.35. The molecule has 104 valence electrons. The Kier molecular flexibility index (Phi) is 4.04. The first-order valence-electron chi connectivity index (χ1n) is 6.17. The molecule has 0 spiro atoms. The third-order valence-corrected chi connectivity index (χ3v) is 2.62. The summed E-state index contributed by atoms with van der Waals surface area (Å²) in [5, 5.41) is 0.193. The normalized spacial score (nSPS) is 11.2. The largest absolute Gasteiger partial charge is 0.456 e. The number of ether oxygens (including phenoxy) is 1. The fraction of sp³-hybridized carbons (Fsp3) is 0.267. The van der Waals surface area contributed by atoms with Crippen LogP contribution in [0.15, 0.2) is 36.5 Å². The van der Waals surface area contributed by atoms with E-state index in [-0.39, 0.29) is 11.3 Å². The number of benzene rings is 1. The minimum atomic E-state index is -0.504. The molecule has 1 aromatic carbocycles. The summed E-state index contributed by atoms with van der Waals surface area (Å²) in [7, 11) is 0. The van der Waals surface area contributed by atoms with Crippen molar-refractivity contribution in [1.82, 2.24) is 9.97 Å². The molecule has 0 aliphatic heterocycles. The van der Waals surface area contributed by atoms with Crippen LogP contribution >= 0.6 is 11.6 Å². The molecule has 4 nitrogen and oxygen atoms in total. The summed E-state index contributed by atoms with van der Waals surface area (Å²) in [5.74, 6) is -0.343. The molecule has 1 heterocycles. The molecule has 0 saturated carbocycles. The number of nitrogens with zero attached hydrogens (tertiary/aromatic N) is 2. The zero-order valence-electron chi connectivity index (χ0n) is 11.6. The maximum Gasteiger partial charge on any atom is 0.338 e. The standard InChI is InChI=1S/C15H15ClN2O2/c1-15(2,3)20-13(19)11-6-4-10(5-7-11)12-8-9-17-14(16)18-12/h4-9H,1-3H3. The Bertz CT molecular complexity index is 619. The first kappa shape index (κ1) is 14.5. The molecule has 0 unspecified atom stereocenters. The molecule has 0 aliphatic rings. The van der Waals surface area contributed by atoms with Crippen molar-refractivity contribution < 1.29 is 9.53 Å². The van der Waals surface area contributed by atoms with Crippen molar-refractivity contribution in [3.05, 3.63) is 47.4 Å². The number of aromatic nitrogens is 2. The van der Waals surface area contributed by atoms with Crippen molar-refractivity contribution in [2.24, 2.45) is 0 Å². The van der Waals surface area contributed by atoms with E-state index in [1.165, 1.54) is 0 Å². The summed E-state index contributed by atoms with van der Waals surface area (Å²) in [6, 6.07) is 8.78. The SMILES string of the molecule is CC(C)(C)OC(=O)c1ccc(-c2ccnc(Cl)n2)cc1. The maximum absolute atomic E-state index is 11.9. The summed E-state index contributed by atoms with van der Waals surface area (Å²) < 4.78 is 5.30. The van der Waals surface area contributed by atoms with E-state index in [0.29, 0.717) is 11.3 Å². The quantitative estimate of drug-likeness (QED) is 0.624. The summed E-state index contributed by atoms with van der Waals surface area (Å²) in [4.78, 5) is 19.8. The van der Waals surface area contributed by atoms with Gasteiger partial charge in [-0.3, -0.25) is 0 Å². The Labute approximate surface area is 122 Å². The van der Waals surface area contributed by atoms with Gasteiger partial charge in [0.25, 0.3) is 0 Å². The highest BCUT2D eigenvalue weighted by molar-refractivity contribution is 6.28. The van der Waals surface area contributed by atoms with Crippen LogP contribution in [0.25, 0.3) is 11.3 Å². The Morgan fingerprint density at radius 3 is 2.35 bits per heavy atom. The van der Waals surface area contributed by atoms with Crippen LogP contribution in [0.1, 0.15) is 31.1 Å². The fourth-order valence-electron chi connectivity index (χ4n) is 1.61. The summed E-state index contributed by atoms with van der Waals surface area (Å²) in [6.07, 6.45) is 1.59. The number of carbonyl (C=O) groups excluding carboxylic acids is 1. The van der Waals surface area contributed by atoms with E-state index in [4.69, 9.17) is 16.3 Å². The summed E-state index contributed by atoms with van der Waals surface area (Å²) >= 11 is 5.75. The maximum atomic E-state index is 11.9. The average Bonchev–Trinajstić information content (AvgIpc) is 2.37. The predicted octanol–water partition coefficient (Wildman–Crippen LogP) is 3.75. The van der Waals surface area contributed by atoms with E-state index in [9.17, 15) is 4.79 Å². The van der Waals surface area contributed by atoms with Gasteiger partial charge in [-0.1, -0.05) is 12.1 Å². The van der Waals surface area contributed by atoms with E-state index in [2.05, 4.69) is 9.97 Å². The van der Waals surface area contributed by atoms with Crippen molar-refractivity contribution >= 4 is 17.6 Å². The number of rotatable bonds is 2. The van der Waals surface area contributed by atoms with Gasteiger partial charge in [-0.05, 0) is 50.6 Å². The van der Waals surface area contributed by atoms with Crippen LogP contribution < -0.4 is 0 Å². The van der Waals surface area contributed by atoms with Crippen molar-refractivity contribution in [2.45, 2.75) is 26.4 Å². The van der Waals surface area contributed by atoms with Gasteiger partial charge in [0.2, 0.25) is 5.28 Å². The topological polar surface area (TPSA) is 52.1 Å². The smallest absolute Gasteiger partial charge is 0.338 e. The van der Waals surface area contributed by atoms with Gasteiger partial charge in [0.05, 0.1) is 11.3 Å². The van der Waals surface area contributed by atoms with E-state index in [1.807, 2.05) is 20.8 Å². The first-order valence-corrected chi connectivity index (χ1v) is 6.55. The predicted molar refractivity (Wildman–Crippen MR) is 77.6 cm³/mol. The molecular formula is C15H15ClN2O2. The zero-order chi connectivity index (χ0) is 14.8. The van der Waals surface area contributed by atoms with E-state index in [1.54, 1.807) is 36.5 Å². The lowest BCUT2D eigenvalue weighted by molar-refractivity contribution is 0.00696. The van der Waals surface area contributed by atoms with Crippen molar-refractivity contribution in [2.75, 3.05) is 0 Å². The number of esters is 1. The number of hydrogen-bond acceptors (Lipinski definition) is 4. The molecular weight excluding hydrogens is 276 g/mol. The van der Waals surface area contributed by atoms with E-state index >= 15 is 0 Å². The highest BCUT2D eigenvalue weighted by atomic mass is 35.5. The van der Waals surface area contributed by atoms with Gasteiger partial charge in [-0.25, -0.2) is 14.8 Å². The molecule has 1 aromatic heterocycles. The Morgan fingerprint density at radius 2 is 1.80 bits per heavy atom. The molecule has 0 amide bonds.